The molecule has 44 heavy (non-hydrogen) atoms. The molecule has 0 spiro atoms. The van der Waals surface area contributed by atoms with Gasteiger partial charge in [-0.05, 0) is 25.7 Å². The van der Waals surface area contributed by atoms with Crippen molar-refractivity contribution in [3.05, 3.63) is 0 Å². The van der Waals surface area contributed by atoms with Crippen molar-refractivity contribution in [2.75, 3.05) is 13.2 Å². The van der Waals surface area contributed by atoms with Crippen molar-refractivity contribution in [2.24, 2.45) is 0 Å². The normalized spacial score (nSPS) is 10.5. The molecule has 6 heteroatoms. The molecule has 0 aromatic heterocycles. The van der Waals surface area contributed by atoms with Crippen molar-refractivity contribution < 1.29 is 30.0 Å². The van der Waals surface area contributed by atoms with Crippen LogP contribution in [0.5, 0.6) is 0 Å². The molecule has 0 aromatic rings. The average Bonchev–Trinajstić information content (AvgIpc) is 3.00. The maximum Gasteiger partial charge on any atom is 0.303 e. The van der Waals surface area contributed by atoms with E-state index in [1.54, 1.807) is 0 Å². The molecule has 0 radical (unpaired) electrons. The molecule has 266 valence electrons. The molecule has 6 nitrogen and oxygen atoms in total. The van der Waals surface area contributed by atoms with Crippen LogP contribution in [-0.4, -0.2) is 45.6 Å². The average molecular weight is 631 g/mol. The lowest BCUT2D eigenvalue weighted by Gasteiger charge is -2.02. The quantitative estimate of drug-likeness (QED) is 0.0536. The van der Waals surface area contributed by atoms with Crippen LogP contribution in [0.15, 0.2) is 0 Å². The first-order chi connectivity index (χ1) is 21.5. The molecule has 0 rings (SSSR count). The van der Waals surface area contributed by atoms with Crippen LogP contribution < -0.4 is 0 Å². The van der Waals surface area contributed by atoms with E-state index >= 15 is 0 Å². The minimum atomic E-state index is -0.655. The lowest BCUT2D eigenvalue weighted by atomic mass is 10.0. The molecule has 0 aliphatic carbocycles. The van der Waals surface area contributed by atoms with Gasteiger partial charge in [-0.1, -0.05) is 181 Å². The second-order valence-electron chi connectivity index (χ2n) is 12.6. The number of aliphatic hydroxyl groups is 2. The van der Waals surface area contributed by atoms with E-state index < -0.39 is 11.9 Å². The second-order valence-corrected chi connectivity index (χ2v) is 12.6. The third-order valence-electron chi connectivity index (χ3n) is 8.05. The van der Waals surface area contributed by atoms with Gasteiger partial charge in [-0.25, -0.2) is 0 Å². The molecular weight excluding hydrogens is 552 g/mol. The van der Waals surface area contributed by atoms with E-state index in [-0.39, 0.29) is 13.2 Å². The molecule has 4 N–H and O–H groups in total. The van der Waals surface area contributed by atoms with Crippen LogP contribution in [0.3, 0.4) is 0 Å². The molecule has 0 heterocycles. The van der Waals surface area contributed by atoms with Crippen molar-refractivity contribution in [3.63, 3.8) is 0 Å². The smallest absolute Gasteiger partial charge is 0.303 e. The fraction of sp³-hybridized carbons (Fsp3) is 0.947. The fourth-order valence-corrected chi connectivity index (χ4v) is 5.17. The first kappa shape index (κ1) is 47.3. The summed E-state index contributed by atoms with van der Waals surface area (Å²) in [6, 6.07) is 0. The summed E-state index contributed by atoms with van der Waals surface area (Å²) < 4.78 is 0. The largest absolute Gasteiger partial charge is 0.481 e. The van der Waals surface area contributed by atoms with Crippen LogP contribution in [-0.2, 0) is 9.59 Å². The summed E-state index contributed by atoms with van der Waals surface area (Å²) in [4.78, 5) is 20.6. The van der Waals surface area contributed by atoms with Crippen LogP contribution >= 0.6 is 0 Å². The zero-order valence-corrected chi connectivity index (χ0v) is 29.6. The van der Waals surface area contributed by atoms with Crippen molar-refractivity contribution in [1.82, 2.24) is 0 Å². The molecule has 0 aliphatic heterocycles. The van der Waals surface area contributed by atoms with Gasteiger partial charge in [-0.15, -0.1) is 0 Å². The number of carbonyl (C=O) groups is 2. The molecule has 0 aromatic carbocycles. The van der Waals surface area contributed by atoms with Crippen molar-refractivity contribution in [1.29, 1.82) is 0 Å². The monoisotopic (exact) mass is 631 g/mol. The molecule has 0 saturated heterocycles. The third kappa shape index (κ3) is 56.6. The Kier molecular flexibility index (Phi) is 49.7. The Morgan fingerprint density at radius 1 is 0.318 bits per heavy atom. The highest BCUT2D eigenvalue weighted by molar-refractivity contribution is 5.66. The van der Waals surface area contributed by atoms with Crippen molar-refractivity contribution in [3.8, 4) is 0 Å². The molecular formula is C38H78O6. The van der Waals surface area contributed by atoms with Crippen LogP contribution in [0.4, 0.5) is 0 Å². The van der Waals surface area contributed by atoms with E-state index in [1.807, 2.05) is 0 Å². The van der Waals surface area contributed by atoms with Crippen LogP contribution in [0.25, 0.3) is 0 Å². The minimum absolute atomic E-state index is 0.283. The van der Waals surface area contributed by atoms with E-state index in [0.29, 0.717) is 12.8 Å². The molecule has 0 amide bonds. The predicted molar refractivity (Wildman–Crippen MR) is 189 cm³/mol. The number of carboxylic acid groups (broad SMARTS) is 2. The van der Waals surface area contributed by atoms with Gasteiger partial charge in [0.05, 0.1) is 0 Å². The lowest BCUT2D eigenvalue weighted by molar-refractivity contribution is -0.138. The van der Waals surface area contributed by atoms with Gasteiger partial charge in [-0.3, -0.25) is 9.59 Å². The van der Waals surface area contributed by atoms with Crippen molar-refractivity contribution >= 4 is 11.9 Å². The number of hydrogen-bond donors (Lipinski definition) is 4. The molecule has 0 saturated carbocycles. The van der Waals surface area contributed by atoms with Crippen LogP contribution in [0, 0.1) is 0 Å². The number of aliphatic carboxylic acids is 2. The maximum absolute atomic E-state index is 10.3. The van der Waals surface area contributed by atoms with E-state index in [9.17, 15) is 9.59 Å². The Bertz CT molecular complexity index is 479. The predicted octanol–water partition coefficient (Wildman–Crippen LogP) is 11.6. The first-order valence-electron chi connectivity index (χ1n) is 19.1. The van der Waals surface area contributed by atoms with Gasteiger partial charge in [0.15, 0.2) is 0 Å². The van der Waals surface area contributed by atoms with E-state index in [2.05, 4.69) is 13.8 Å². The molecule has 0 fully saturated rings. The van der Waals surface area contributed by atoms with Gasteiger partial charge >= 0.3 is 11.9 Å². The Morgan fingerprint density at radius 3 is 0.682 bits per heavy atom. The highest BCUT2D eigenvalue weighted by atomic mass is 16.4. The van der Waals surface area contributed by atoms with E-state index in [0.717, 1.165) is 51.4 Å². The zero-order valence-electron chi connectivity index (χ0n) is 29.6. The zero-order chi connectivity index (χ0) is 33.2. The third-order valence-corrected chi connectivity index (χ3v) is 8.05. The number of aliphatic hydroxyl groups excluding tert-OH is 2. The van der Waals surface area contributed by atoms with Gasteiger partial charge in [0.1, 0.15) is 0 Å². The Hall–Kier alpha value is -1.14. The number of rotatable bonds is 33. The van der Waals surface area contributed by atoms with Gasteiger partial charge < -0.3 is 20.4 Å². The van der Waals surface area contributed by atoms with E-state index in [1.165, 1.54) is 141 Å². The van der Waals surface area contributed by atoms with Gasteiger partial charge in [0.25, 0.3) is 0 Å². The highest BCUT2D eigenvalue weighted by Gasteiger charge is 1.98. The summed E-state index contributed by atoms with van der Waals surface area (Å²) in [6.45, 7) is 5.09. The summed E-state index contributed by atoms with van der Waals surface area (Å²) in [5, 5.41) is 33.6. The molecule has 0 aliphatic rings. The van der Waals surface area contributed by atoms with E-state index in [4.69, 9.17) is 20.4 Å². The molecule has 0 unspecified atom stereocenters. The summed E-state index contributed by atoms with van der Waals surface area (Å²) in [5.74, 6) is -1.31. The number of hydrogen-bond acceptors (Lipinski definition) is 4. The molecule has 0 bridgehead atoms. The standard InChI is InChI=1S/2C16H32O2.C6H14O2/c2*1-2-3-4-5-6-7-8-9-10-11-12-13-14-15-16(17)18;7-5-3-1-2-4-6-8/h2*2-15H2,1H3,(H,17,18);7-8H,1-6H2. The SMILES string of the molecule is CCCCCCCCCCCCCCCC(=O)O.CCCCCCCCCCCCCCCC(=O)O.OCCCCCCO. The lowest BCUT2D eigenvalue weighted by Crippen LogP contribution is -1.93. The summed E-state index contributed by atoms with van der Waals surface area (Å²) >= 11 is 0. The number of unbranched alkanes of at least 4 members (excludes halogenated alkanes) is 27. The van der Waals surface area contributed by atoms with Gasteiger partial charge in [-0.2, -0.15) is 0 Å². The Labute approximate surface area is 274 Å². The van der Waals surface area contributed by atoms with Crippen molar-refractivity contribution in [2.45, 2.75) is 219 Å². The topological polar surface area (TPSA) is 115 Å². The highest BCUT2D eigenvalue weighted by Crippen LogP contribution is 2.14. The minimum Gasteiger partial charge on any atom is -0.481 e. The summed E-state index contributed by atoms with van der Waals surface area (Å²) in [7, 11) is 0. The Morgan fingerprint density at radius 2 is 0.500 bits per heavy atom. The van der Waals surface area contributed by atoms with Gasteiger partial charge in [0, 0.05) is 26.1 Å². The Balaban J connectivity index is -0.000000616. The second kappa shape index (κ2) is 46.3. The summed E-state index contributed by atoms with van der Waals surface area (Å²) in [6.07, 6.45) is 38.4. The summed E-state index contributed by atoms with van der Waals surface area (Å²) in [5.41, 5.74) is 0. The maximum atomic E-state index is 10.3. The number of carboxylic acids is 2. The van der Waals surface area contributed by atoms with Gasteiger partial charge in [0.2, 0.25) is 0 Å². The van der Waals surface area contributed by atoms with Crippen LogP contribution in [0.2, 0.25) is 0 Å². The molecule has 0 atom stereocenters. The first-order valence-corrected chi connectivity index (χ1v) is 19.1. The van der Waals surface area contributed by atoms with Crippen LogP contribution in [0.1, 0.15) is 219 Å². The fourth-order valence-electron chi connectivity index (χ4n) is 5.17.